The maximum atomic E-state index is 5.66. The third-order valence-corrected chi connectivity index (χ3v) is 3.45. The third kappa shape index (κ3) is 5.03. The summed E-state index contributed by atoms with van der Waals surface area (Å²) >= 11 is 1.71. The molecular formula is C15H19NO2S. The molecule has 0 saturated carbocycles. The molecule has 0 radical (unpaired) electrons. The first-order valence-electron chi connectivity index (χ1n) is 6.35. The van der Waals surface area contributed by atoms with Gasteiger partial charge >= 0.3 is 0 Å². The largest absolute Gasteiger partial charge is 0.491 e. The highest BCUT2D eigenvalue weighted by Gasteiger charge is 1.97. The number of benzene rings is 1. The maximum Gasteiger partial charge on any atom is 0.119 e. The highest BCUT2D eigenvalue weighted by Crippen LogP contribution is 2.13. The fraction of sp³-hybridized carbons (Fsp3) is 0.333. The molecule has 0 saturated heterocycles. The van der Waals surface area contributed by atoms with Gasteiger partial charge in [0.15, 0.2) is 0 Å². The predicted octanol–water partition coefficient (Wildman–Crippen LogP) is 3.06. The second-order valence-electron chi connectivity index (χ2n) is 4.16. The lowest BCUT2D eigenvalue weighted by molar-refractivity contribution is 0.0905. The molecule has 0 unspecified atom stereocenters. The lowest BCUT2D eigenvalue weighted by Crippen LogP contribution is -2.08. The Balaban J connectivity index is 1.66. The van der Waals surface area contributed by atoms with Crippen LogP contribution < -0.4 is 10.1 Å². The van der Waals surface area contributed by atoms with Gasteiger partial charge in [0.05, 0.1) is 13.2 Å². The monoisotopic (exact) mass is 277 g/mol. The minimum atomic E-state index is 0.578. The van der Waals surface area contributed by atoms with Crippen molar-refractivity contribution in [1.82, 2.24) is 5.32 Å². The third-order valence-electron chi connectivity index (χ3n) is 2.60. The summed E-state index contributed by atoms with van der Waals surface area (Å²) in [4.78, 5) is 1.25. The van der Waals surface area contributed by atoms with Crippen LogP contribution in [-0.4, -0.2) is 20.3 Å². The zero-order valence-electron chi connectivity index (χ0n) is 11.1. The van der Waals surface area contributed by atoms with Crippen LogP contribution in [0.1, 0.15) is 10.4 Å². The van der Waals surface area contributed by atoms with Crippen molar-refractivity contribution in [1.29, 1.82) is 0 Å². The second kappa shape index (κ2) is 7.94. The van der Waals surface area contributed by atoms with Gasteiger partial charge < -0.3 is 14.8 Å². The van der Waals surface area contributed by atoms with E-state index < -0.39 is 0 Å². The molecule has 0 spiro atoms. The molecule has 1 aromatic carbocycles. The van der Waals surface area contributed by atoms with Crippen LogP contribution in [0.25, 0.3) is 0 Å². The Kier molecular flexibility index (Phi) is 5.88. The molecule has 0 bridgehead atoms. The van der Waals surface area contributed by atoms with Gasteiger partial charge in [0.2, 0.25) is 0 Å². The Morgan fingerprint density at radius 2 is 2.11 bits per heavy atom. The van der Waals surface area contributed by atoms with Crippen LogP contribution in [0, 0.1) is 0 Å². The van der Waals surface area contributed by atoms with Crippen molar-refractivity contribution in [2.45, 2.75) is 13.2 Å². The smallest absolute Gasteiger partial charge is 0.119 e. The minimum Gasteiger partial charge on any atom is -0.491 e. The van der Waals surface area contributed by atoms with Crippen molar-refractivity contribution in [3.63, 3.8) is 0 Å². The Bertz CT molecular complexity index is 471. The first-order valence-corrected chi connectivity index (χ1v) is 7.23. The zero-order valence-corrected chi connectivity index (χ0v) is 11.9. The summed E-state index contributed by atoms with van der Waals surface area (Å²) in [6, 6.07) is 12.2. The van der Waals surface area contributed by atoms with Gasteiger partial charge in [-0.3, -0.25) is 0 Å². The van der Waals surface area contributed by atoms with Gasteiger partial charge in [0, 0.05) is 11.4 Å². The molecule has 102 valence electrons. The summed E-state index contributed by atoms with van der Waals surface area (Å²) in [5.74, 6) is 0.896. The first-order chi connectivity index (χ1) is 9.38. The number of nitrogens with one attached hydrogen (secondary N) is 1. The van der Waals surface area contributed by atoms with Crippen LogP contribution in [0.2, 0.25) is 0 Å². The lowest BCUT2D eigenvalue weighted by Gasteiger charge is -2.08. The molecule has 0 atom stereocenters. The molecule has 2 rings (SSSR count). The summed E-state index contributed by atoms with van der Waals surface area (Å²) < 4.78 is 11.2. The topological polar surface area (TPSA) is 30.5 Å². The van der Waals surface area contributed by atoms with Crippen molar-refractivity contribution in [2.75, 3.05) is 20.3 Å². The van der Waals surface area contributed by atoms with E-state index in [1.54, 1.807) is 11.3 Å². The highest BCUT2D eigenvalue weighted by molar-refractivity contribution is 7.09. The Morgan fingerprint density at radius 3 is 2.89 bits per heavy atom. The van der Waals surface area contributed by atoms with Gasteiger partial charge in [-0.05, 0) is 36.2 Å². The molecule has 1 N–H and O–H groups in total. The second-order valence-corrected chi connectivity index (χ2v) is 5.19. The standard InChI is InChI=1S/C15H19NO2S/c1-16-11-13-4-2-5-14(10-13)18-8-7-17-12-15-6-3-9-19-15/h2-6,9-10,16H,7-8,11-12H2,1H3. The summed E-state index contributed by atoms with van der Waals surface area (Å²) in [6.07, 6.45) is 0. The molecule has 19 heavy (non-hydrogen) atoms. The van der Waals surface area contributed by atoms with Gasteiger partial charge in [-0.15, -0.1) is 11.3 Å². The van der Waals surface area contributed by atoms with E-state index >= 15 is 0 Å². The molecule has 1 aromatic heterocycles. The number of ether oxygens (including phenoxy) is 2. The zero-order chi connectivity index (χ0) is 13.3. The molecule has 2 aromatic rings. The van der Waals surface area contributed by atoms with Gasteiger partial charge in [-0.1, -0.05) is 18.2 Å². The van der Waals surface area contributed by atoms with E-state index in [1.165, 1.54) is 10.4 Å². The van der Waals surface area contributed by atoms with Crippen molar-refractivity contribution in [2.24, 2.45) is 0 Å². The number of thiophene rings is 1. The Morgan fingerprint density at radius 1 is 1.16 bits per heavy atom. The molecular weight excluding hydrogens is 258 g/mol. The minimum absolute atomic E-state index is 0.578. The van der Waals surface area contributed by atoms with E-state index in [9.17, 15) is 0 Å². The fourth-order valence-electron chi connectivity index (χ4n) is 1.74. The molecule has 0 fully saturated rings. The van der Waals surface area contributed by atoms with E-state index in [0.717, 1.165) is 12.3 Å². The van der Waals surface area contributed by atoms with E-state index in [1.807, 2.05) is 25.2 Å². The molecule has 3 nitrogen and oxygen atoms in total. The van der Waals surface area contributed by atoms with Crippen LogP contribution in [0.3, 0.4) is 0 Å². The van der Waals surface area contributed by atoms with Crippen molar-refractivity contribution in [3.8, 4) is 5.75 Å². The van der Waals surface area contributed by atoms with Gasteiger partial charge in [-0.2, -0.15) is 0 Å². The molecule has 0 aliphatic heterocycles. The highest BCUT2D eigenvalue weighted by atomic mass is 32.1. The average molecular weight is 277 g/mol. The first kappa shape index (κ1) is 14.1. The molecule has 0 amide bonds. The number of hydrogen-bond donors (Lipinski definition) is 1. The fourth-order valence-corrected chi connectivity index (χ4v) is 2.38. The summed E-state index contributed by atoms with van der Waals surface area (Å²) in [5, 5.41) is 5.18. The van der Waals surface area contributed by atoms with Crippen LogP contribution in [0.5, 0.6) is 5.75 Å². The normalized spacial score (nSPS) is 10.6. The van der Waals surface area contributed by atoms with Crippen molar-refractivity contribution in [3.05, 3.63) is 52.2 Å². The van der Waals surface area contributed by atoms with Crippen LogP contribution in [0.15, 0.2) is 41.8 Å². The van der Waals surface area contributed by atoms with Crippen molar-refractivity contribution >= 4 is 11.3 Å². The Labute approximate surface area is 118 Å². The maximum absolute atomic E-state index is 5.66. The summed E-state index contributed by atoms with van der Waals surface area (Å²) in [5.41, 5.74) is 1.22. The van der Waals surface area contributed by atoms with Crippen LogP contribution in [-0.2, 0) is 17.9 Å². The van der Waals surface area contributed by atoms with Gasteiger partial charge in [-0.25, -0.2) is 0 Å². The molecule has 4 heteroatoms. The van der Waals surface area contributed by atoms with E-state index in [4.69, 9.17) is 9.47 Å². The summed E-state index contributed by atoms with van der Waals surface area (Å²) in [6.45, 7) is 2.70. The van der Waals surface area contributed by atoms with E-state index in [2.05, 4.69) is 28.9 Å². The quantitative estimate of drug-likeness (QED) is 0.752. The van der Waals surface area contributed by atoms with E-state index in [0.29, 0.717) is 19.8 Å². The molecule has 0 aliphatic carbocycles. The Hall–Kier alpha value is -1.36. The van der Waals surface area contributed by atoms with Gasteiger partial charge in [0.1, 0.15) is 12.4 Å². The SMILES string of the molecule is CNCc1cccc(OCCOCc2cccs2)c1. The lowest BCUT2D eigenvalue weighted by atomic mass is 10.2. The molecule has 0 aliphatic rings. The number of hydrogen-bond acceptors (Lipinski definition) is 4. The summed E-state index contributed by atoms with van der Waals surface area (Å²) in [7, 11) is 1.94. The number of rotatable bonds is 8. The van der Waals surface area contributed by atoms with Gasteiger partial charge in [0.25, 0.3) is 0 Å². The van der Waals surface area contributed by atoms with E-state index in [-0.39, 0.29) is 0 Å². The predicted molar refractivity (Wildman–Crippen MR) is 78.7 cm³/mol. The average Bonchev–Trinajstić information content (AvgIpc) is 2.92. The van der Waals surface area contributed by atoms with Crippen molar-refractivity contribution < 1.29 is 9.47 Å². The van der Waals surface area contributed by atoms with Crippen LogP contribution in [0.4, 0.5) is 0 Å². The molecule has 1 heterocycles. The van der Waals surface area contributed by atoms with Crippen LogP contribution >= 0.6 is 11.3 Å².